The van der Waals surface area contributed by atoms with E-state index in [1.54, 1.807) is 0 Å². The zero-order chi connectivity index (χ0) is 13.2. The molecule has 0 saturated carbocycles. The van der Waals surface area contributed by atoms with Crippen LogP contribution < -0.4 is 5.32 Å². The van der Waals surface area contributed by atoms with Gasteiger partial charge in [-0.3, -0.25) is 4.79 Å². The molecule has 2 saturated heterocycles. The topological polar surface area (TPSA) is 52.6 Å². The van der Waals surface area contributed by atoms with E-state index in [-0.39, 0.29) is 11.9 Å². The van der Waals surface area contributed by atoms with Gasteiger partial charge in [0, 0.05) is 13.1 Å². The molecular formula is C14H26N2O2. The number of hydrogen-bond donors (Lipinski definition) is 2. The average Bonchev–Trinajstić information content (AvgIpc) is 2.50. The first kappa shape index (κ1) is 13.8. The number of rotatable bonds is 1. The van der Waals surface area contributed by atoms with Crippen molar-refractivity contribution in [2.24, 2.45) is 5.92 Å². The smallest absolute Gasteiger partial charge is 0.239 e. The number of amides is 1. The SMILES string of the molecule is CC1CCCNC1C(=O)N1CCCC(C)(O)CC1. The van der Waals surface area contributed by atoms with Gasteiger partial charge in [0.15, 0.2) is 0 Å². The third-order valence-corrected chi connectivity index (χ3v) is 4.41. The molecule has 4 heteroatoms. The molecule has 2 heterocycles. The molecule has 0 radical (unpaired) electrons. The van der Waals surface area contributed by atoms with Crippen molar-refractivity contribution >= 4 is 5.91 Å². The van der Waals surface area contributed by atoms with Gasteiger partial charge in [-0.05, 0) is 51.5 Å². The maximum absolute atomic E-state index is 12.5. The van der Waals surface area contributed by atoms with E-state index in [0.717, 1.165) is 32.4 Å². The number of nitrogens with zero attached hydrogens (tertiary/aromatic N) is 1. The predicted molar refractivity (Wildman–Crippen MR) is 71.2 cm³/mol. The molecule has 3 unspecified atom stereocenters. The lowest BCUT2D eigenvalue weighted by Crippen LogP contribution is -2.52. The van der Waals surface area contributed by atoms with Gasteiger partial charge < -0.3 is 15.3 Å². The summed E-state index contributed by atoms with van der Waals surface area (Å²) in [4.78, 5) is 14.5. The molecular weight excluding hydrogens is 228 g/mol. The molecule has 2 N–H and O–H groups in total. The molecule has 0 aromatic heterocycles. The highest BCUT2D eigenvalue weighted by Crippen LogP contribution is 2.23. The van der Waals surface area contributed by atoms with E-state index in [9.17, 15) is 9.90 Å². The third kappa shape index (κ3) is 3.23. The molecule has 2 aliphatic rings. The Bertz CT molecular complexity index is 304. The van der Waals surface area contributed by atoms with Gasteiger partial charge in [0.05, 0.1) is 11.6 Å². The summed E-state index contributed by atoms with van der Waals surface area (Å²) in [6.07, 6.45) is 4.69. The van der Waals surface area contributed by atoms with E-state index >= 15 is 0 Å². The van der Waals surface area contributed by atoms with Gasteiger partial charge >= 0.3 is 0 Å². The first-order valence-corrected chi connectivity index (χ1v) is 7.24. The minimum Gasteiger partial charge on any atom is -0.390 e. The molecule has 0 aliphatic carbocycles. The van der Waals surface area contributed by atoms with Crippen LogP contribution in [0.3, 0.4) is 0 Å². The largest absolute Gasteiger partial charge is 0.390 e. The Labute approximate surface area is 110 Å². The Morgan fingerprint density at radius 1 is 1.33 bits per heavy atom. The van der Waals surface area contributed by atoms with E-state index in [1.807, 2.05) is 11.8 Å². The normalized spacial score (nSPS) is 38.3. The first-order valence-electron chi connectivity index (χ1n) is 7.24. The van der Waals surface area contributed by atoms with Crippen LogP contribution >= 0.6 is 0 Å². The van der Waals surface area contributed by atoms with Gasteiger partial charge in [-0.2, -0.15) is 0 Å². The molecule has 2 fully saturated rings. The van der Waals surface area contributed by atoms with Crippen molar-refractivity contribution < 1.29 is 9.90 Å². The van der Waals surface area contributed by atoms with Crippen LogP contribution in [0.2, 0.25) is 0 Å². The number of nitrogens with one attached hydrogen (secondary N) is 1. The summed E-state index contributed by atoms with van der Waals surface area (Å²) in [6.45, 7) is 6.47. The summed E-state index contributed by atoms with van der Waals surface area (Å²) in [7, 11) is 0. The van der Waals surface area contributed by atoms with Gasteiger partial charge in [0.25, 0.3) is 0 Å². The van der Waals surface area contributed by atoms with Gasteiger partial charge in [-0.1, -0.05) is 6.92 Å². The Hall–Kier alpha value is -0.610. The second kappa shape index (κ2) is 5.57. The summed E-state index contributed by atoms with van der Waals surface area (Å²) >= 11 is 0. The van der Waals surface area contributed by atoms with Gasteiger partial charge in [-0.25, -0.2) is 0 Å². The van der Waals surface area contributed by atoms with Crippen LogP contribution in [0.4, 0.5) is 0 Å². The Morgan fingerprint density at radius 2 is 2.11 bits per heavy atom. The number of piperidine rings is 1. The summed E-state index contributed by atoms with van der Waals surface area (Å²) in [5, 5.41) is 13.4. The highest BCUT2D eigenvalue weighted by atomic mass is 16.3. The Balaban J connectivity index is 1.96. The lowest BCUT2D eigenvalue weighted by Gasteiger charge is -2.33. The van der Waals surface area contributed by atoms with E-state index in [2.05, 4.69) is 12.2 Å². The molecule has 3 atom stereocenters. The minimum atomic E-state index is -0.597. The zero-order valence-electron chi connectivity index (χ0n) is 11.6. The number of carbonyl (C=O) groups is 1. The van der Waals surface area contributed by atoms with Gasteiger partial charge in [0.2, 0.25) is 5.91 Å². The number of aliphatic hydroxyl groups is 1. The molecule has 0 spiro atoms. The lowest BCUT2D eigenvalue weighted by molar-refractivity contribution is -0.135. The van der Waals surface area contributed by atoms with E-state index in [0.29, 0.717) is 18.9 Å². The van der Waals surface area contributed by atoms with Crippen molar-refractivity contribution in [3.05, 3.63) is 0 Å². The van der Waals surface area contributed by atoms with Gasteiger partial charge in [-0.15, -0.1) is 0 Å². The number of hydrogen-bond acceptors (Lipinski definition) is 3. The molecule has 4 nitrogen and oxygen atoms in total. The molecule has 2 rings (SSSR count). The van der Waals surface area contributed by atoms with Crippen LogP contribution in [-0.2, 0) is 4.79 Å². The monoisotopic (exact) mass is 254 g/mol. The second-order valence-corrected chi connectivity index (χ2v) is 6.23. The van der Waals surface area contributed by atoms with Crippen molar-refractivity contribution in [3.63, 3.8) is 0 Å². The number of likely N-dealkylation sites (tertiary alicyclic amines) is 1. The van der Waals surface area contributed by atoms with E-state index < -0.39 is 5.60 Å². The highest BCUT2D eigenvalue weighted by Gasteiger charge is 2.33. The Morgan fingerprint density at radius 3 is 2.83 bits per heavy atom. The summed E-state index contributed by atoms with van der Waals surface area (Å²) < 4.78 is 0. The molecule has 0 aromatic rings. The molecule has 18 heavy (non-hydrogen) atoms. The van der Waals surface area contributed by atoms with Gasteiger partial charge in [0.1, 0.15) is 0 Å². The summed E-state index contributed by atoms with van der Waals surface area (Å²) in [6, 6.07) is -0.0122. The van der Waals surface area contributed by atoms with Crippen molar-refractivity contribution in [1.29, 1.82) is 0 Å². The molecule has 1 amide bonds. The maximum Gasteiger partial charge on any atom is 0.239 e. The standard InChI is InChI=1S/C14H26N2O2/c1-11-5-3-8-15-12(11)13(17)16-9-4-6-14(2,18)7-10-16/h11-12,15,18H,3-10H2,1-2H3. The van der Waals surface area contributed by atoms with Crippen molar-refractivity contribution in [2.45, 2.75) is 57.6 Å². The fourth-order valence-electron chi connectivity index (χ4n) is 3.06. The van der Waals surface area contributed by atoms with Crippen LogP contribution in [0.25, 0.3) is 0 Å². The number of carbonyl (C=O) groups excluding carboxylic acids is 1. The van der Waals surface area contributed by atoms with E-state index in [1.165, 1.54) is 6.42 Å². The quantitative estimate of drug-likeness (QED) is 0.738. The van der Waals surface area contributed by atoms with Crippen LogP contribution in [-0.4, -0.2) is 47.2 Å². The summed E-state index contributed by atoms with van der Waals surface area (Å²) in [5.74, 6) is 0.662. The van der Waals surface area contributed by atoms with E-state index in [4.69, 9.17) is 0 Å². The lowest BCUT2D eigenvalue weighted by atomic mass is 9.91. The van der Waals surface area contributed by atoms with Crippen LogP contribution in [0.5, 0.6) is 0 Å². The highest BCUT2D eigenvalue weighted by molar-refractivity contribution is 5.82. The molecule has 0 aromatic carbocycles. The second-order valence-electron chi connectivity index (χ2n) is 6.23. The van der Waals surface area contributed by atoms with Crippen LogP contribution in [0.15, 0.2) is 0 Å². The van der Waals surface area contributed by atoms with Crippen LogP contribution in [0.1, 0.15) is 46.0 Å². The molecule has 104 valence electrons. The van der Waals surface area contributed by atoms with Crippen LogP contribution in [0, 0.1) is 5.92 Å². The van der Waals surface area contributed by atoms with Crippen molar-refractivity contribution in [3.8, 4) is 0 Å². The molecule has 0 bridgehead atoms. The van der Waals surface area contributed by atoms with Crippen molar-refractivity contribution in [2.75, 3.05) is 19.6 Å². The minimum absolute atomic E-state index is 0.0122. The average molecular weight is 254 g/mol. The maximum atomic E-state index is 12.5. The third-order valence-electron chi connectivity index (χ3n) is 4.41. The zero-order valence-corrected chi connectivity index (χ0v) is 11.6. The first-order chi connectivity index (χ1) is 8.49. The fourth-order valence-corrected chi connectivity index (χ4v) is 3.06. The Kier molecular flexibility index (Phi) is 4.28. The molecule has 2 aliphatic heterocycles. The fraction of sp³-hybridized carbons (Fsp3) is 0.929. The predicted octanol–water partition coefficient (Wildman–Crippen LogP) is 1.14. The van der Waals surface area contributed by atoms with Crippen molar-refractivity contribution in [1.82, 2.24) is 10.2 Å². The summed E-state index contributed by atoms with van der Waals surface area (Å²) in [5.41, 5.74) is -0.597.